The normalized spacial score (nSPS) is 25.8. The average molecular weight is 650 g/mol. The number of rotatable bonds is 8. The predicted octanol–water partition coefficient (Wildman–Crippen LogP) is 4.12. The van der Waals surface area contributed by atoms with Gasteiger partial charge in [0.25, 0.3) is 5.91 Å². The molecule has 3 fully saturated rings. The molecule has 1 aromatic carbocycles. The molecule has 2 amide bonds. The molecule has 3 aromatic rings. The topological polar surface area (TPSA) is 137 Å². The number of nitrogens with zero attached hydrogens (tertiary/aromatic N) is 4. The Morgan fingerprint density at radius 1 is 1.09 bits per heavy atom. The summed E-state index contributed by atoms with van der Waals surface area (Å²) in [6.07, 6.45) is 4.53. The molecule has 0 bridgehead atoms. The van der Waals surface area contributed by atoms with Gasteiger partial charge in [-0.15, -0.1) is 11.3 Å². The van der Waals surface area contributed by atoms with Gasteiger partial charge in [-0.05, 0) is 82.3 Å². The van der Waals surface area contributed by atoms with Gasteiger partial charge in [-0.2, -0.15) is 4.98 Å². The van der Waals surface area contributed by atoms with Crippen molar-refractivity contribution in [1.82, 2.24) is 14.5 Å². The largest absolute Gasteiger partial charge is 0.394 e. The number of amides is 2. The molecule has 2 saturated heterocycles. The lowest BCUT2D eigenvalue weighted by Crippen LogP contribution is -2.49. The number of nitrogens with one attached hydrogen (secondary N) is 1. The zero-order valence-electron chi connectivity index (χ0n) is 26.4. The van der Waals surface area contributed by atoms with E-state index in [1.54, 1.807) is 0 Å². The summed E-state index contributed by atoms with van der Waals surface area (Å²) in [4.78, 5) is 51.0. The van der Waals surface area contributed by atoms with Gasteiger partial charge in [-0.1, -0.05) is 37.3 Å². The molecule has 0 spiro atoms. The van der Waals surface area contributed by atoms with Crippen LogP contribution in [0.2, 0.25) is 0 Å². The molecule has 46 heavy (non-hydrogen) atoms. The highest BCUT2D eigenvalue weighted by Crippen LogP contribution is 2.41. The fourth-order valence-corrected chi connectivity index (χ4v) is 7.89. The van der Waals surface area contributed by atoms with Crippen molar-refractivity contribution in [3.63, 3.8) is 0 Å². The van der Waals surface area contributed by atoms with Crippen molar-refractivity contribution in [3.05, 3.63) is 64.0 Å². The summed E-state index contributed by atoms with van der Waals surface area (Å²) in [5.74, 6) is 0.249. The summed E-state index contributed by atoms with van der Waals surface area (Å²) < 4.78 is 6.85. The zero-order valence-corrected chi connectivity index (χ0v) is 27.2. The van der Waals surface area contributed by atoms with Crippen LogP contribution in [-0.4, -0.2) is 81.5 Å². The van der Waals surface area contributed by atoms with Gasteiger partial charge in [0.2, 0.25) is 5.91 Å². The molecule has 3 atom stereocenters. The lowest BCUT2D eigenvalue weighted by Gasteiger charge is -2.40. The van der Waals surface area contributed by atoms with Gasteiger partial charge < -0.3 is 30.1 Å². The van der Waals surface area contributed by atoms with Crippen molar-refractivity contribution < 1.29 is 24.5 Å². The first-order valence-electron chi connectivity index (χ1n) is 16.3. The van der Waals surface area contributed by atoms with Gasteiger partial charge in [-0.25, -0.2) is 4.79 Å². The van der Waals surface area contributed by atoms with Crippen LogP contribution in [0.1, 0.15) is 67.8 Å². The summed E-state index contributed by atoms with van der Waals surface area (Å²) in [5.41, 5.74) is 0.909. The number of thiophene rings is 1. The first-order valence-corrected chi connectivity index (χ1v) is 17.1. The Morgan fingerprint density at radius 3 is 2.46 bits per heavy atom. The van der Waals surface area contributed by atoms with Gasteiger partial charge in [-0.3, -0.25) is 14.2 Å². The van der Waals surface area contributed by atoms with Crippen LogP contribution in [0.5, 0.6) is 0 Å². The molecule has 0 radical (unpaired) electrons. The Hall–Kier alpha value is -3.42. The number of aliphatic hydroxyl groups excluding tert-OH is 2. The molecule has 4 heterocycles. The highest BCUT2D eigenvalue weighted by atomic mass is 32.1. The van der Waals surface area contributed by atoms with Crippen LogP contribution in [-0.2, 0) is 9.53 Å². The quantitative estimate of drug-likeness (QED) is 0.332. The molecular formula is C34H43N5O6S. The minimum absolute atomic E-state index is 0.0283. The fraction of sp³-hybridized carbons (Fsp3) is 0.529. The van der Waals surface area contributed by atoms with Crippen LogP contribution in [0.15, 0.2) is 53.5 Å². The summed E-state index contributed by atoms with van der Waals surface area (Å²) in [6, 6.07) is 13.3. The van der Waals surface area contributed by atoms with Crippen LogP contribution in [0, 0.1) is 11.8 Å². The number of aromatic nitrogens is 2. The first-order chi connectivity index (χ1) is 22.2. The van der Waals surface area contributed by atoms with E-state index < -0.39 is 30.0 Å². The van der Waals surface area contributed by atoms with Crippen LogP contribution in [0.3, 0.4) is 0 Å². The van der Waals surface area contributed by atoms with Gasteiger partial charge in [0, 0.05) is 29.5 Å². The number of piperidine rings is 1. The SMILES string of the molecule is CC1CCC(C(=O)N(c2cc(-c3ccccc3)sc2C(=O)Nc2ccn([C@H]3C[C@H](O)[C@@H](CO)O3)c(=O)n2)C2CCN(C)CC2)CC1. The van der Waals surface area contributed by atoms with Gasteiger partial charge in [0.05, 0.1) is 18.4 Å². The van der Waals surface area contributed by atoms with Crippen molar-refractivity contribution in [2.75, 3.05) is 37.0 Å². The number of carbonyl (C=O) groups is 2. The maximum absolute atomic E-state index is 14.4. The molecule has 1 saturated carbocycles. The molecule has 12 heteroatoms. The number of hydrogen-bond acceptors (Lipinski definition) is 9. The van der Waals surface area contributed by atoms with Crippen molar-refractivity contribution in [1.29, 1.82) is 0 Å². The maximum atomic E-state index is 14.4. The molecule has 11 nitrogen and oxygen atoms in total. The zero-order chi connectivity index (χ0) is 32.4. The minimum Gasteiger partial charge on any atom is -0.394 e. The summed E-state index contributed by atoms with van der Waals surface area (Å²) in [5, 5.41) is 22.3. The van der Waals surface area contributed by atoms with E-state index in [1.165, 1.54) is 28.2 Å². The molecule has 0 unspecified atom stereocenters. The average Bonchev–Trinajstić information content (AvgIpc) is 3.66. The minimum atomic E-state index is -0.899. The Kier molecular flexibility index (Phi) is 10.00. The third kappa shape index (κ3) is 6.96. The lowest BCUT2D eigenvalue weighted by molar-refractivity contribution is -0.124. The molecule has 246 valence electrons. The van der Waals surface area contributed by atoms with Gasteiger partial charge >= 0.3 is 5.69 Å². The fourth-order valence-electron chi connectivity index (χ4n) is 6.84. The van der Waals surface area contributed by atoms with Crippen molar-refractivity contribution in [2.24, 2.45) is 11.8 Å². The van der Waals surface area contributed by atoms with Crippen molar-refractivity contribution in [3.8, 4) is 10.4 Å². The predicted molar refractivity (Wildman–Crippen MR) is 177 cm³/mol. The molecule has 2 aliphatic heterocycles. The van der Waals surface area contributed by atoms with Crippen LogP contribution in [0.25, 0.3) is 10.4 Å². The number of carbonyl (C=O) groups excluding carboxylic acids is 2. The number of ether oxygens (including phenoxy) is 1. The Labute approximate surface area is 272 Å². The van der Waals surface area contributed by atoms with E-state index in [9.17, 15) is 24.6 Å². The number of anilines is 2. The Morgan fingerprint density at radius 2 is 1.80 bits per heavy atom. The molecule has 6 rings (SSSR count). The van der Waals surface area contributed by atoms with Crippen LogP contribution in [0.4, 0.5) is 11.5 Å². The number of likely N-dealkylation sites (tertiary alicyclic amines) is 1. The second-order valence-electron chi connectivity index (χ2n) is 13.0. The van der Waals surface area contributed by atoms with E-state index in [0.29, 0.717) is 16.5 Å². The molecule has 3 N–H and O–H groups in total. The third-order valence-electron chi connectivity index (χ3n) is 9.66. The first kappa shape index (κ1) is 32.5. The summed E-state index contributed by atoms with van der Waals surface area (Å²) >= 11 is 1.33. The highest BCUT2D eigenvalue weighted by Gasteiger charge is 2.38. The molecule has 3 aliphatic rings. The summed E-state index contributed by atoms with van der Waals surface area (Å²) in [6.45, 7) is 3.62. The van der Waals surface area contributed by atoms with Gasteiger partial charge in [0.15, 0.2) is 0 Å². The third-order valence-corrected chi connectivity index (χ3v) is 10.8. The Balaban J connectivity index is 1.33. The van der Waals surface area contributed by atoms with Gasteiger partial charge in [0.1, 0.15) is 23.0 Å². The second-order valence-corrected chi connectivity index (χ2v) is 14.0. The lowest BCUT2D eigenvalue weighted by atomic mass is 9.82. The maximum Gasteiger partial charge on any atom is 0.351 e. The van der Waals surface area contributed by atoms with Crippen molar-refractivity contribution >= 4 is 34.7 Å². The van der Waals surface area contributed by atoms with E-state index in [4.69, 9.17) is 4.74 Å². The Bertz CT molecular complexity index is 1580. The van der Waals surface area contributed by atoms with E-state index in [0.717, 1.165) is 62.1 Å². The van der Waals surface area contributed by atoms with E-state index >= 15 is 0 Å². The standard InChI is InChI=1S/C34H43N5O6S/c1-21-8-10-23(11-9-21)33(43)39(24-12-15-37(2)16-13-24)25-18-28(22-6-4-3-5-7-22)46-31(25)32(42)35-29-14-17-38(34(44)36-29)30-19-26(41)27(20-40)45-30/h3-7,14,17-18,21,23-24,26-27,30,40-41H,8-13,15-16,19-20H2,1-2H3,(H,35,36,42,44)/t21?,23?,26-,27+,30+/m0/s1. The monoisotopic (exact) mass is 649 g/mol. The second kappa shape index (κ2) is 14.1. The molecular weight excluding hydrogens is 606 g/mol. The van der Waals surface area contributed by atoms with Crippen molar-refractivity contribution in [2.45, 2.75) is 76.3 Å². The van der Waals surface area contributed by atoms with E-state index in [1.807, 2.05) is 41.3 Å². The smallest absolute Gasteiger partial charge is 0.351 e. The van der Waals surface area contributed by atoms with Crippen LogP contribution < -0.4 is 15.9 Å². The summed E-state index contributed by atoms with van der Waals surface area (Å²) in [7, 11) is 2.09. The molecule has 2 aromatic heterocycles. The molecule has 1 aliphatic carbocycles. The van der Waals surface area contributed by atoms with E-state index in [2.05, 4.69) is 29.2 Å². The van der Waals surface area contributed by atoms with Crippen LogP contribution >= 0.6 is 11.3 Å². The highest BCUT2D eigenvalue weighted by molar-refractivity contribution is 7.18. The van der Waals surface area contributed by atoms with E-state index in [-0.39, 0.29) is 36.7 Å². The number of benzene rings is 1. The number of hydrogen-bond donors (Lipinski definition) is 3. The number of aliphatic hydroxyl groups is 2.